The molecule has 0 aliphatic carbocycles. The van der Waals surface area contributed by atoms with Crippen LogP contribution in [0.3, 0.4) is 0 Å². The Morgan fingerprint density at radius 3 is 2.56 bits per heavy atom. The van der Waals surface area contributed by atoms with Gasteiger partial charge in [0, 0.05) is 25.6 Å². The van der Waals surface area contributed by atoms with Crippen LogP contribution in [0.4, 0.5) is 0 Å². The molecule has 0 radical (unpaired) electrons. The summed E-state index contributed by atoms with van der Waals surface area (Å²) < 4.78 is 5.35. The van der Waals surface area contributed by atoms with E-state index < -0.39 is 0 Å². The smallest absolute Gasteiger partial charge is 0.191 e. The minimum absolute atomic E-state index is 0.0487. The van der Waals surface area contributed by atoms with Crippen molar-refractivity contribution in [2.24, 2.45) is 4.99 Å². The van der Waals surface area contributed by atoms with Crippen molar-refractivity contribution in [3.05, 3.63) is 47.0 Å². The minimum Gasteiger partial charge on any atom is -0.377 e. The Labute approximate surface area is 152 Å². The minimum atomic E-state index is 0.0487. The third kappa shape index (κ3) is 6.20. The molecule has 1 aromatic carbocycles. The van der Waals surface area contributed by atoms with E-state index in [0.717, 1.165) is 51.5 Å². The van der Waals surface area contributed by atoms with E-state index in [1.165, 1.54) is 16.7 Å². The number of hydrogen-bond acceptors (Lipinski definition) is 2. The number of hydrogen-bond donors (Lipinski definition) is 2. The van der Waals surface area contributed by atoms with Crippen molar-refractivity contribution in [3.63, 3.8) is 0 Å². The van der Waals surface area contributed by atoms with E-state index in [1.54, 1.807) is 0 Å². The lowest BCUT2D eigenvalue weighted by atomic mass is 9.84. The average molecular weight is 344 g/mol. The molecule has 4 heteroatoms. The molecule has 1 aliphatic rings. The maximum absolute atomic E-state index is 5.35. The molecule has 0 amide bonds. The molecule has 0 spiro atoms. The van der Waals surface area contributed by atoms with Gasteiger partial charge in [-0.2, -0.15) is 0 Å². The largest absolute Gasteiger partial charge is 0.377 e. The van der Waals surface area contributed by atoms with Gasteiger partial charge in [-0.05, 0) is 30.4 Å². The fourth-order valence-corrected chi connectivity index (χ4v) is 2.95. The van der Waals surface area contributed by atoms with Gasteiger partial charge in [0.1, 0.15) is 0 Å². The predicted molar refractivity (Wildman–Crippen MR) is 106 cm³/mol. The van der Waals surface area contributed by atoms with Gasteiger partial charge in [-0.3, -0.25) is 4.99 Å². The highest BCUT2D eigenvalue weighted by atomic mass is 16.5. The molecule has 0 saturated heterocycles. The third-order valence-electron chi connectivity index (χ3n) is 4.86. The summed E-state index contributed by atoms with van der Waals surface area (Å²) in [6.07, 6.45) is 5.38. The summed E-state index contributed by atoms with van der Waals surface area (Å²) in [7, 11) is 1.83. The van der Waals surface area contributed by atoms with Gasteiger partial charge in [-0.1, -0.05) is 56.7 Å². The van der Waals surface area contributed by atoms with Crippen molar-refractivity contribution >= 4 is 5.96 Å². The number of aliphatic imine (C=N–C) groups is 1. The van der Waals surface area contributed by atoms with E-state index in [4.69, 9.17) is 4.74 Å². The molecule has 25 heavy (non-hydrogen) atoms. The van der Waals surface area contributed by atoms with Crippen molar-refractivity contribution in [1.82, 2.24) is 10.6 Å². The van der Waals surface area contributed by atoms with Crippen LogP contribution in [-0.4, -0.2) is 39.3 Å². The first kappa shape index (κ1) is 19.5. The molecule has 0 fully saturated rings. The fraction of sp³-hybridized carbons (Fsp3) is 0.571. The molecule has 1 heterocycles. The van der Waals surface area contributed by atoms with Crippen molar-refractivity contribution in [2.45, 2.75) is 45.4 Å². The van der Waals surface area contributed by atoms with Crippen LogP contribution in [0.25, 0.3) is 0 Å². The SMILES string of the molecule is CCc1ccc(C(C)(C)CNC(=NC)NCCC2=CCOCC2)cc1. The van der Waals surface area contributed by atoms with Crippen molar-refractivity contribution in [3.8, 4) is 0 Å². The highest BCUT2D eigenvalue weighted by Crippen LogP contribution is 2.22. The van der Waals surface area contributed by atoms with Gasteiger partial charge in [-0.15, -0.1) is 0 Å². The number of benzene rings is 1. The first-order chi connectivity index (χ1) is 12.0. The molecule has 0 bridgehead atoms. The highest BCUT2D eigenvalue weighted by molar-refractivity contribution is 5.79. The molecule has 1 aromatic rings. The van der Waals surface area contributed by atoms with Gasteiger partial charge in [-0.25, -0.2) is 0 Å². The second-order valence-corrected chi connectivity index (χ2v) is 7.22. The normalized spacial score (nSPS) is 15.7. The van der Waals surface area contributed by atoms with E-state index >= 15 is 0 Å². The van der Waals surface area contributed by atoms with Gasteiger partial charge < -0.3 is 15.4 Å². The second-order valence-electron chi connectivity index (χ2n) is 7.22. The van der Waals surface area contributed by atoms with Crippen molar-refractivity contribution in [1.29, 1.82) is 0 Å². The molecule has 0 aromatic heterocycles. The molecule has 4 nitrogen and oxygen atoms in total. The quantitative estimate of drug-likeness (QED) is 0.453. The third-order valence-corrected chi connectivity index (χ3v) is 4.86. The van der Waals surface area contributed by atoms with Crippen LogP contribution < -0.4 is 10.6 Å². The first-order valence-electron chi connectivity index (χ1n) is 9.34. The second kappa shape index (κ2) is 9.62. The fourth-order valence-electron chi connectivity index (χ4n) is 2.95. The van der Waals surface area contributed by atoms with E-state index in [1.807, 2.05) is 7.05 Å². The van der Waals surface area contributed by atoms with E-state index in [2.05, 4.69) is 66.7 Å². The van der Waals surface area contributed by atoms with E-state index in [9.17, 15) is 0 Å². The van der Waals surface area contributed by atoms with E-state index in [0.29, 0.717) is 0 Å². The number of nitrogens with zero attached hydrogens (tertiary/aromatic N) is 1. The Balaban J connectivity index is 1.80. The van der Waals surface area contributed by atoms with Crippen LogP contribution in [0.1, 0.15) is 44.7 Å². The molecule has 0 unspecified atom stereocenters. The van der Waals surface area contributed by atoms with E-state index in [-0.39, 0.29) is 5.41 Å². The molecule has 2 rings (SSSR count). The summed E-state index contributed by atoms with van der Waals surface area (Å²) in [5, 5.41) is 6.89. The zero-order valence-corrected chi connectivity index (χ0v) is 16.2. The van der Waals surface area contributed by atoms with Crippen molar-refractivity contribution in [2.75, 3.05) is 33.4 Å². The Morgan fingerprint density at radius 2 is 1.96 bits per heavy atom. The van der Waals surface area contributed by atoms with Crippen LogP contribution in [0, 0.1) is 0 Å². The van der Waals surface area contributed by atoms with Crippen LogP contribution in [-0.2, 0) is 16.6 Å². The Morgan fingerprint density at radius 1 is 1.20 bits per heavy atom. The average Bonchev–Trinajstić information content (AvgIpc) is 2.65. The molecule has 138 valence electrons. The van der Waals surface area contributed by atoms with Crippen LogP contribution in [0.15, 0.2) is 40.9 Å². The summed E-state index contributed by atoms with van der Waals surface area (Å²) in [6.45, 7) is 10.1. The summed E-state index contributed by atoms with van der Waals surface area (Å²) in [6, 6.07) is 8.94. The van der Waals surface area contributed by atoms with Crippen LogP contribution >= 0.6 is 0 Å². The molecule has 0 atom stereocenters. The zero-order chi connectivity index (χ0) is 18.1. The number of guanidine groups is 1. The number of aryl methyl sites for hydroxylation is 1. The lowest BCUT2D eigenvalue weighted by Crippen LogP contribution is -2.43. The van der Waals surface area contributed by atoms with Gasteiger partial charge in [0.2, 0.25) is 0 Å². The maximum atomic E-state index is 5.35. The zero-order valence-electron chi connectivity index (χ0n) is 16.2. The number of nitrogens with one attached hydrogen (secondary N) is 2. The number of ether oxygens (including phenoxy) is 1. The highest BCUT2D eigenvalue weighted by Gasteiger charge is 2.20. The molecule has 1 aliphatic heterocycles. The van der Waals surface area contributed by atoms with Crippen LogP contribution in [0.5, 0.6) is 0 Å². The summed E-state index contributed by atoms with van der Waals surface area (Å²) in [4.78, 5) is 4.35. The summed E-state index contributed by atoms with van der Waals surface area (Å²) in [5.74, 6) is 0.867. The number of rotatable bonds is 7. The lowest BCUT2D eigenvalue weighted by Gasteiger charge is -2.27. The van der Waals surface area contributed by atoms with Gasteiger partial charge in [0.25, 0.3) is 0 Å². The summed E-state index contributed by atoms with van der Waals surface area (Å²) in [5.41, 5.74) is 4.26. The van der Waals surface area contributed by atoms with Gasteiger partial charge >= 0.3 is 0 Å². The molecular weight excluding hydrogens is 310 g/mol. The Bertz CT molecular complexity index is 588. The van der Waals surface area contributed by atoms with Crippen molar-refractivity contribution < 1.29 is 4.74 Å². The standard InChI is InChI=1S/C21H33N3O/c1-5-17-6-8-19(9-7-17)21(2,3)16-24-20(22-4)23-13-10-18-11-14-25-15-12-18/h6-9,11H,5,10,12-16H2,1-4H3,(H2,22,23,24). The van der Waals surface area contributed by atoms with Crippen LogP contribution in [0.2, 0.25) is 0 Å². The van der Waals surface area contributed by atoms with Gasteiger partial charge in [0.15, 0.2) is 5.96 Å². The maximum Gasteiger partial charge on any atom is 0.191 e. The summed E-state index contributed by atoms with van der Waals surface area (Å²) >= 11 is 0. The predicted octanol–water partition coefficient (Wildman–Crippen LogP) is 3.43. The first-order valence-corrected chi connectivity index (χ1v) is 9.34. The topological polar surface area (TPSA) is 45.7 Å². The Kier molecular flexibility index (Phi) is 7.51. The lowest BCUT2D eigenvalue weighted by molar-refractivity contribution is 0.153. The van der Waals surface area contributed by atoms with Gasteiger partial charge in [0.05, 0.1) is 13.2 Å². The monoisotopic (exact) mass is 343 g/mol. The Hall–Kier alpha value is -1.81. The molecule has 2 N–H and O–H groups in total. The molecule has 0 saturated carbocycles. The molecular formula is C21H33N3O.